The van der Waals surface area contributed by atoms with Gasteiger partial charge in [0.1, 0.15) is 11.6 Å². The van der Waals surface area contributed by atoms with Crippen LogP contribution in [0.25, 0.3) is 0 Å². The lowest BCUT2D eigenvalue weighted by Crippen LogP contribution is -2.28. The van der Waals surface area contributed by atoms with Gasteiger partial charge in [-0.15, -0.1) is 0 Å². The lowest BCUT2D eigenvalue weighted by Gasteiger charge is -2.20. The van der Waals surface area contributed by atoms with Crippen LogP contribution in [0.5, 0.6) is 0 Å². The summed E-state index contributed by atoms with van der Waals surface area (Å²) in [6.07, 6.45) is 0.250. The van der Waals surface area contributed by atoms with Crippen molar-refractivity contribution in [1.29, 1.82) is 0 Å². The second-order valence-electron chi connectivity index (χ2n) is 4.66. The van der Waals surface area contributed by atoms with Crippen molar-refractivity contribution in [3.63, 3.8) is 0 Å². The van der Waals surface area contributed by atoms with Gasteiger partial charge in [-0.05, 0) is 24.6 Å². The summed E-state index contributed by atoms with van der Waals surface area (Å²) >= 11 is 0. The first-order valence-electron chi connectivity index (χ1n) is 6.34. The molecule has 1 aromatic carbocycles. The van der Waals surface area contributed by atoms with E-state index in [1.165, 1.54) is 13.8 Å². The molecule has 0 aliphatic carbocycles. The number of aryl methyl sites for hydroxylation is 1. The van der Waals surface area contributed by atoms with Gasteiger partial charge in [0.2, 0.25) is 6.54 Å². The van der Waals surface area contributed by atoms with Gasteiger partial charge in [-0.25, -0.2) is 8.78 Å². The number of methoxy groups -OCH3 is 1. The zero-order chi connectivity index (χ0) is 18.2. The molecule has 7 nitrogen and oxygen atoms in total. The Balaban J connectivity index is 0.00000149. The topological polar surface area (TPSA) is 104 Å². The summed E-state index contributed by atoms with van der Waals surface area (Å²) in [6.45, 7) is 2.09. The van der Waals surface area contributed by atoms with E-state index < -0.39 is 46.5 Å². The Morgan fingerprint density at radius 2 is 1.78 bits per heavy atom. The molecule has 1 rings (SSSR count). The minimum atomic E-state index is -1.22. The first-order valence-corrected chi connectivity index (χ1v) is 6.34. The van der Waals surface area contributed by atoms with Crippen LogP contribution in [0.2, 0.25) is 0 Å². The molecule has 0 saturated carbocycles. The number of halogens is 2. The monoisotopic (exact) mass is 331 g/mol. The smallest absolute Gasteiger partial charge is 0.373 e. The Bertz CT molecular complexity index is 590. The van der Waals surface area contributed by atoms with Crippen molar-refractivity contribution in [1.82, 2.24) is 0 Å². The molecule has 0 aliphatic rings. The molecular formula is C14H15F2NO6. The summed E-state index contributed by atoms with van der Waals surface area (Å²) in [4.78, 5) is 37.7. The van der Waals surface area contributed by atoms with Gasteiger partial charge in [0.25, 0.3) is 0 Å². The van der Waals surface area contributed by atoms with Gasteiger partial charge in [0, 0.05) is 10.5 Å². The first-order chi connectivity index (χ1) is 10.7. The van der Waals surface area contributed by atoms with E-state index in [0.717, 1.165) is 19.2 Å². The molecule has 0 amide bonds. The molecule has 1 aromatic rings. The predicted molar refractivity (Wildman–Crippen MR) is 71.9 cm³/mol. The highest BCUT2D eigenvalue weighted by Gasteiger charge is 2.34. The maximum absolute atomic E-state index is 13.9. The molecule has 0 N–H and O–H groups in total. The molecule has 0 saturated heterocycles. The average molecular weight is 331 g/mol. The van der Waals surface area contributed by atoms with Gasteiger partial charge in [0.15, 0.2) is 0 Å². The summed E-state index contributed by atoms with van der Waals surface area (Å²) in [5, 5.41) is 10.7. The third kappa shape index (κ3) is 5.91. The predicted octanol–water partition coefficient (Wildman–Crippen LogP) is 1.86. The van der Waals surface area contributed by atoms with Crippen LogP contribution in [0.15, 0.2) is 12.1 Å². The van der Waals surface area contributed by atoms with E-state index in [-0.39, 0.29) is 6.15 Å². The molecule has 0 radical (unpaired) electrons. The molecule has 0 aliphatic heterocycles. The largest absolute Gasteiger partial charge is 0.469 e. The first kappa shape index (κ1) is 20.3. The number of ether oxygens (including phenoxy) is 1. The lowest BCUT2D eigenvalue weighted by molar-refractivity contribution is -0.484. The summed E-state index contributed by atoms with van der Waals surface area (Å²) in [7, 11) is 1.11. The van der Waals surface area contributed by atoms with Crippen LogP contribution in [0, 0.1) is 34.6 Å². The van der Waals surface area contributed by atoms with Crippen LogP contribution in [-0.4, -0.2) is 30.7 Å². The molecule has 9 heteroatoms. The van der Waals surface area contributed by atoms with E-state index in [0.29, 0.717) is 5.56 Å². The fourth-order valence-corrected chi connectivity index (χ4v) is 2.08. The van der Waals surface area contributed by atoms with E-state index in [4.69, 9.17) is 9.59 Å². The molecular weight excluding hydrogens is 316 g/mol. The van der Waals surface area contributed by atoms with E-state index >= 15 is 0 Å². The van der Waals surface area contributed by atoms with Gasteiger partial charge in [-0.1, -0.05) is 6.92 Å². The Labute approximate surface area is 130 Å². The maximum atomic E-state index is 13.9. The van der Waals surface area contributed by atoms with Gasteiger partial charge in [0.05, 0.1) is 18.9 Å². The number of carbonyl (C=O) groups excluding carboxylic acids is 3. The van der Waals surface area contributed by atoms with Gasteiger partial charge >= 0.3 is 12.1 Å². The van der Waals surface area contributed by atoms with Gasteiger partial charge in [-0.3, -0.25) is 14.9 Å². The summed E-state index contributed by atoms with van der Waals surface area (Å²) in [5.41, 5.74) is -0.0977. The van der Waals surface area contributed by atoms with E-state index in [2.05, 4.69) is 4.74 Å². The number of nitrogens with zero attached hydrogens (tertiary/aromatic N) is 1. The number of nitro groups is 1. The zero-order valence-electron chi connectivity index (χ0n) is 12.7. The van der Waals surface area contributed by atoms with Crippen molar-refractivity contribution in [3.8, 4) is 0 Å². The molecule has 2 atom stereocenters. The lowest BCUT2D eigenvalue weighted by atomic mass is 9.86. The van der Waals surface area contributed by atoms with Crippen LogP contribution in [0.4, 0.5) is 8.78 Å². The highest BCUT2D eigenvalue weighted by atomic mass is 19.1. The van der Waals surface area contributed by atoms with Crippen LogP contribution in [0.3, 0.4) is 0 Å². The maximum Gasteiger partial charge on any atom is 0.373 e. The molecule has 0 aromatic heterocycles. The average Bonchev–Trinajstić information content (AvgIpc) is 2.44. The number of hydrogen-bond acceptors (Lipinski definition) is 6. The van der Waals surface area contributed by atoms with Crippen molar-refractivity contribution >= 4 is 12.1 Å². The third-order valence-electron chi connectivity index (χ3n) is 3.12. The van der Waals surface area contributed by atoms with Gasteiger partial charge in [-0.2, -0.15) is 9.59 Å². The Morgan fingerprint density at radius 1 is 1.35 bits per heavy atom. The van der Waals surface area contributed by atoms with Crippen molar-refractivity contribution in [2.24, 2.45) is 5.92 Å². The fourth-order valence-electron chi connectivity index (χ4n) is 2.08. The minimum absolute atomic E-state index is 0.250. The normalized spacial score (nSPS) is 12.2. The third-order valence-corrected chi connectivity index (χ3v) is 3.12. The SMILES string of the molecule is COC(=O)C(C)[C@@H](C[N+](=O)[O-])c1c(F)cc(C)cc1F.O=C=O. The van der Waals surface area contributed by atoms with Gasteiger partial charge < -0.3 is 4.74 Å². The second-order valence-corrected chi connectivity index (χ2v) is 4.66. The fraction of sp³-hybridized carbons (Fsp3) is 0.429. The number of carbonyl (C=O) groups is 1. The summed E-state index contributed by atoms with van der Waals surface area (Å²) < 4.78 is 32.3. The molecule has 0 fully saturated rings. The van der Waals surface area contributed by atoms with Crippen LogP contribution < -0.4 is 0 Å². The van der Waals surface area contributed by atoms with E-state index in [9.17, 15) is 23.7 Å². The Hall–Kier alpha value is -2.67. The standard InChI is InChI=1S/C13H15F2NO4.CO2/c1-7-4-10(14)12(11(15)5-7)9(6-16(18)19)8(2)13(17)20-3;2-1-3/h4-5,8-9H,6H2,1-3H3;/t8?,9-;/m1./s1. The molecule has 126 valence electrons. The minimum Gasteiger partial charge on any atom is -0.469 e. The second kappa shape index (κ2) is 9.37. The number of rotatable bonds is 5. The summed E-state index contributed by atoms with van der Waals surface area (Å²) in [6, 6.07) is 2.16. The quantitative estimate of drug-likeness (QED) is 0.463. The Morgan fingerprint density at radius 3 is 2.13 bits per heavy atom. The van der Waals surface area contributed by atoms with E-state index in [1.54, 1.807) is 0 Å². The van der Waals surface area contributed by atoms with E-state index in [1.807, 2.05) is 0 Å². The number of hydrogen-bond donors (Lipinski definition) is 0. The molecule has 1 unspecified atom stereocenters. The van der Waals surface area contributed by atoms with Crippen LogP contribution in [0.1, 0.15) is 24.0 Å². The zero-order valence-corrected chi connectivity index (χ0v) is 12.7. The van der Waals surface area contributed by atoms with Crippen molar-refractivity contribution in [2.45, 2.75) is 19.8 Å². The molecule has 0 heterocycles. The molecule has 23 heavy (non-hydrogen) atoms. The molecule has 0 spiro atoms. The van der Waals surface area contributed by atoms with Crippen LogP contribution >= 0.6 is 0 Å². The van der Waals surface area contributed by atoms with Crippen molar-refractivity contribution in [2.75, 3.05) is 13.7 Å². The summed E-state index contributed by atoms with van der Waals surface area (Å²) in [5.74, 6) is -4.80. The number of esters is 1. The number of benzene rings is 1. The van der Waals surface area contributed by atoms with Crippen LogP contribution in [-0.2, 0) is 19.1 Å². The highest BCUT2D eigenvalue weighted by molar-refractivity contribution is 5.73. The molecule has 0 bridgehead atoms. The highest BCUT2D eigenvalue weighted by Crippen LogP contribution is 2.31. The van der Waals surface area contributed by atoms with Crippen molar-refractivity contribution in [3.05, 3.63) is 45.0 Å². The Kier molecular flexibility index (Phi) is 8.28. The van der Waals surface area contributed by atoms with Crippen molar-refractivity contribution < 1.29 is 32.8 Å².